The molecule has 0 amide bonds. The van der Waals surface area contributed by atoms with E-state index >= 15 is 0 Å². The van der Waals surface area contributed by atoms with Crippen LogP contribution in [-0.4, -0.2) is 22.3 Å². The van der Waals surface area contributed by atoms with Crippen molar-refractivity contribution in [2.75, 3.05) is 12.3 Å². The normalized spacial score (nSPS) is 17.5. The van der Waals surface area contributed by atoms with E-state index in [-0.39, 0.29) is 17.0 Å². The number of aromatic amines is 1. The molecule has 35 heavy (non-hydrogen) atoms. The number of nitrogens with two attached hydrogens (primary N) is 2. The number of fused-ring (bicyclic) bond motifs is 1. The molecular formula is C28H40N6O. The fourth-order valence-corrected chi connectivity index (χ4v) is 4.58. The lowest BCUT2D eigenvalue weighted by molar-refractivity contribution is 0.272. The molecule has 1 aromatic carbocycles. The number of aliphatic imine (C=N–C) groups is 1. The highest BCUT2D eigenvalue weighted by atomic mass is 16.1. The summed E-state index contributed by atoms with van der Waals surface area (Å²) >= 11 is 0. The molecule has 188 valence electrons. The second-order valence-corrected chi connectivity index (χ2v) is 9.44. The van der Waals surface area contributed by atoms with Crippen molar-refractivity contribution in [3.63, 3.8) is 0 Å². The zero-order valence-electron chi connectivity index (χ0n) is 21.0. The zero-order chi connectivity index (χ0) is 25.8. The molecule has 2 aromatic rings. The van der Waals surface area contributed by atoms with Gasteiger partial charge in [-0.1, -0.05) is 45.1 Å². The second-order valence-electron chi connectivity index (χ2n) is 9.44. The van der Waals surface area contributed by atoms with Crippen molar-refractivity contribution in [2.24, 2.45) is 22.6 Å². The first kappa shape index (κ1) is 27.9. The number of anilines is 1. The topological polar surface area (TPSA) is 124 Å². The SMILES string of the molecule is C#N.C=C.CC1CCCCC1.NC(=Nc1ccc2c(c1)CN(CC1CC1)C2)c1c(N)cc[nH]c1=O. The maximum absolute atomic E-state index is 11.9. The van der Waals surface area contributed by atoms with E-state index in [4.69, 9.17) is 16.7 Å². The number of nitrogens with one attached hydrogen (secondary N) is 1. The maximum atomic E-state index is 11.9. The Kier molecular flexibility index (Phi) is 11.2. The molecular weight excluding hydrogens is 436 g/mol. The molecule has 2 fully saturated rings. The van der Waals surface area contributed by atoms with Gasteiger partial charge >= 0.3 is 0 Å². The first-order valence-corrected chi connectivity index (χ1v) is 12.4. The van der Waals surface area contributed by atoms with Gasteiger partial charge in [-0.2, -0.15) is 0 Å². The Bertz CT molecular complexity index is 1050. The van der Waals surface area contributed by atoms with Crippen LogP contribution in [0.1, 0.15) is 68.6 Å². The number of nitriles is 1. The van der Waals surface area contributed by atoms with Crippen LogP contribution in [0.25, 0.3) is 0 Å². The molecule has 5 rings (SSSR count). The maximum Gasteiger partial charge on any atom is 0.261 e. The fourth-order valence-electron chi connectivity index (χ4n) is 4.58. The van der Waals surface area contributed by atoms with E-state index in [2.05, 4.69) is 53.7 Å². The summed E-state index contributed by atoms with van der Waals surface area (Å²) in [5, 5.41) is 6.50. The molecule has 0 radical (unpaired) electrons. The molecule has 1 aliphatic heterocycles. The number of hydrogen-bond acceptors (Lipinski definition) is 5. The van der Waals surface area contributed by atoms with Crippen LogP contribution in [0.5, 0.6) is 0 Å². The van der Waals surface area contributed by atoms with E-state index in [1.165, 1.54) is 68.8 Å². The summed E-state index contributed by atoms with van der Waals surface area (Å²) in [6, 6.07) is 7.71. The summed E-state index contributed by atoms with van der Waals surface area (Å²) in [7, 11) is 0. The van der Waals surface area contributed by atoms with E-state index < -0.39 is 0 Å². The summed E-state index contributed by atoms with van der Waals surface area (Å²) in [6.45, 7) is 15.0. The van der Waals surface area contributed by atoms with Gasteiger partial charge in [0.2, 0.25) is 0 Å². The highest BCUT2D eigenvalue weighted by Gasteiger charge is 2.27. The molecule has 5 N–H and O–H groups in total. The molecule has 0 unspecified atom stereocenters. The molecule has 3 aliphatic rings. The number of benzene rings is 1. The number of aromatic nitrogens is 1. The largest absolute Gasteiger partial charge is 0.398 e. The molecule has 7 heteroatoms. The van der Waals surface area contributed by atoms with Crippen LogP contribution in [0.3, 0.4) is 0 Å². The monoisotopic (exact) mass is 476 g/mol. The molecule has 1 aromatic heterocycles. The number of pyridine rings is 1. The van der Waals surface area contributed by atoms with Gasteiger partial charge in [0, 0.05) is 38.1 Å². The van der Waals surface area contributed by atoms with Crippen molar-refractivity contribution in [2.45, 2.75) is 65.0 Å². The summed E-state index contributed by atoms with van der Waals surface area (Å²) in [4.78, 5) is 21.4. The Hall–Kier alpha value is -3.37. The first-order valence-electron chi connectivity index (χ1n) is 12.4. The lowest BCUT2D eigenvalue weighted by Crippen LogP contribution is -2.25. The Morgan fingerprint density at radius 3 is 2.34 bits per heavy atom. The highest BCUT2D eigenvalue weighted by Crippen LogP contribution is 2.34. The number of nitrogen functional groups attached to an aromatic ring is 1. The van der Waals surface area contributed by atoms with Crippen molar-refractivity contribution >= 4 is 17.2 Å². The van der Waals surface area contributed by atoms with Crippen LogP contribution in [-0.2, 0) is 13.1 Å². The molecule has 0 spiro atoms. The Morgan fingerprint density at radius 1 is 1.11 bits per heavy atom. The Labute approximate surface area is 209 Å². The third-order valence-corrected chi connectivity index (χ3v) is 6.58. The number of rotatable bonds is 4. The molecule has 0 bridgehead atoms. The van der Waals surface area contributed by atoms with Gasteiger partial charge in [-0.05, 0) is 54.0 Å². The average molecular weight is 477 g/mol. The van der Waals surface area contributed by atoms with Crippen LogP contribution in [0.15, 0.2) is 53.4 Å². The van der Waals surface area contributed by atoms with E-state index in [1.54, 1.807) is 6.07 Å². The van der Waals surface area contributed by atoms with Gasteiger partial charge in [0.05, 0.1) is 5.69 Å². The predicted octanol–water partition coefficient (Wildman–Crippen LogP) is 5.25. The summed E-state index contributed by atoms with van der Waals surface area (Å²) < 4.78 is 0. The lowest BCUT2D eigenvalue weighted by Gasteiger charge is -2.15. The molecule has 0 atom stereocenters. The summed E-state index contributed by atoms with van der Waals surface area (Å²) in [6.07, 6.45) is 11.7. The van der Waals surface area contributed by atoms with Gasteiger partial charge in [-0.3, -0.25) is 9.69 Å². The van der Waals surface area contributed by atoms with Crippen molar-refractivity contribution in [1.82, 2.24) is 9.88 Å². The van der Waals surface area contributed by atoms with Crippen molar-refractivity contribution in [3.05, 3.63) is 70.7 Å². The molecule has 2 saturated carbocycles. The molecule has 0 saturated heterocycles. The van der Waals surface area contributed by atoms with Gasteiger partial charge in [0.25, 0.3) is 5.56 Å². The lowest BCUT2D eigenvalue weighted by atomic mass is 9.91. The van der Waals surface area contributed by atoms with Gasteiger partial charge < -0.3 is 16.5 Å². The van der Waals surface area contributed by atoms with Gasteiger partial charge in [0.15, 0.2) is 0 Å². The zero-order valence-corrected chi connectivity index (χ0v) is 21.0. The third-order valence-electron chi connectivity index (χ3n) is 6.58. The van der Waals surface area contributed by atoms with Crippen molar-refractivity contribution in [1.29, 1.82) is 5.26 Å². The van der Waals surface area contributed by atoms with E-state index in [0.717, 1.165) is 30.6 Å². The highest BCUT2D eigenvalue weighted by molar-refractivity contribution is 6.02. The van der Waals surface area contributed by atoms with Crippen LogP contribution < -0.4 is 17.0 Å². The molecule has 2 aliphatic carbocycles. The van der Waals surface area contributed by atoms with E-state index in [1.807, 2.05) is 6.07 Å². The summed E-state index contributed by atoms with van der Waals surface area (Å²) in [5.41, 5.74) is 15.5. The number of amidine groups is 1. The van der Waals surface area contributed by atoms with Crippen LogP contribution >= 0.6 is 0 Å². The Balaban J connectivity index is 0.000000332. The first-order chi connectivity index (χ1) is 17.0. The second kappa shape index (κ2) is 14.1. The van der Waals surface area contributed by atoms with Crippen LogP contribution in [0.2, 0.25) is 0 Å². The van der Waals surface area contributed by atoms with Gasteiger partial charge in [0.1, 0.15) is 11.4 Å². The molecule has 7 nitrogen and oxygen atoms in total. The number of H-pyrrole nitrogens is 1. The minimum absolute atomic E-state index is 0.141. The predicted molar refractivity (Wildman–Crippen MR) is 145 cm³/mol. The smallest absolute Gasteiger partial charge is 0.261 e. The minimum Gasteiger partial charge on any atom is -0.398 e. The van der Waals surface area contributed by atoms with E-state index in [9.17, 15) is 4.79 Å². The number of nitrogens with zero attached hydrogens (tertiary/aromatic N) is 3. The summed E-state index contributed by atoms with van der Waals surface area (Å²) in [5.74, 6) is 2.07. The quantitative estimate of drug-likeness (QED) is 0.316. The van der Waals surface area contributed by atoms with E-state index in [0.29, 0.717) is 5.69 Å². The Morgan fingerprint density at radius 2 is 1.77 bits per heavy atom. The third kappa shape index (κ3) is 8.41. The van der Waals surface area contributed by atoms with Crippen molar-refractivity contribution < 1.29 is 0 Å². The van der Waals surface area contributed by atoms with Crippen LogP contribution in [0.4, 0.5) is 11.4 Å². The van der Waals surface area contributed by atoms with Crippen molar-refractivity contribution in [3.8, 4) is 6.57 Å². The average Bonchev–Trinajstić information content (AvgIpc) is 3.59. The number of hydrogen-bond donors (Lipinski definition) is 3. The van der Waals surface area contributed by atoms with Crippen LogP contribution in [0, 0.1) is 23.7 Å². The molecule has 2 heterocycles. The minimum atomic E-state index is -0.326. The van der Waals surface area contributed by atoms with Gasteiger partial charge in [-0.15, -0.1) is 13.2 Å². The fraction of sp³-hybridized carbons (Fsp3) is 0.464. The van der Waals surface area contributed by atoms with Gasteiger partial charge in [-0.25, -0.2) is 10.3 Å². The standard InChI is InChI=1S/C18H21N5O.C7H14.C2H4.CHN/c19-15-5-6-21-18(24)16(15)17(20)22-14-4-3-12-9-23(8-11-1-2-11)10-13(12)7-14;1-7-5-3-2-4-6-7;2*1-2/h3-7,11H,1-2,8-10H2,(H2,20,22)(H3,19,21,24);7H,2-6H2,1H3;1-2H2;1H.